The lowest BCUT2D eigenvalue weighted by Gasteiger charge is -2.04. The van der Waals surface area contributed by atoms with Crippen molar-refractivity contribution in [2.24, 2.45) is 0 Å². The molecule has 2 aromatic rings. The van der Waals surface area contributed by atoms with Crippen LogP contribution in [0.5, 0.6) is 0 Å². The van der Waals surface area contributed by atoms with Gasteiger partial charge in [-0.25, -0.2) is 9.18 Å². The zero-order valence-corrected chi connectivity index (χ0v) is 10.8. The molecule has 0 saturated heterocycles. The highest BCUT2D eigenvalue weighted by atomic mass is 32.2. The lowest BCUT2D eigenvalue weighted by atomic mass is 10.2. The maximum atomic E-state index is 13.5. The van der Waals surface area contributed by atoms with Crippen LogP contribution in [0.1, 0.15) is 15.2 Å². The highest BCUT2D eigenvalue weighted by Crippen LogP contribution is 2.20. The lowest BCUT2D eigenvalue weighted by molar-refractivity contribution is 0.0696. The van der Waals surface area contributed by atoms with Crippen molar-refractivity contribution < 1.29 is 18.5 Å². The summed E-state index contributed by atoms with van der Waals surface area (Å²) in [5, 5.41) is 10.7. The zero-order valence-electron chi connectivity index (χ0n) is 9.13. The third-order valence-electron chi connectivity index (χ3n) is 2.28. The second-order valence-electron chi connectivity index (χ2n) is 3.52. The maximum Gasteiger partial charge on any atom is 0.335 e. The molecule has 0 spiro atoms. The van der Waals surface area contributed by atoms with E-state index in [9.17, 15) is 13.4 Å². The second kappa shape index (κ2) is 5.41. The van der Waals surface area contributed by atoms with Crippen LogP contribution in [0.2, 0.25) is 0 Å². The number of thiophene rings is 1. The number of benzene rings is 1. The summed E-state index contributed by atoms with van der Waals surface area (Å²) in [6.07, 6.45) is 0. The summed E-state index contributed by atoms with van der Waals surface area (Å²) < 4.78 is 25.5. The van der Waals surface area contributed by atoms with E-state index in [1.165, 1.54) is 11.3 Å². The van der Waals surface area contributed by atoms with E-state index in [0.717, 1.165) is 23.1 Å². The number of hydrogen-bond donors (Lipinski definition) is 1. The van der Waals surface area contributed by atoms with Gasteiger partial charge in [0, 0.05) is 4.88 Å². The van der Waals surface area contributed by atoms with E-state index < -0.39 is 22.6 Å². The van der Waals surface area contributed by atoms with Crippen LogP contribution < -0.4 is 0 Å². The van der Waals surface area contributed by atoms with E-state index in [1.54, 1.807) is 0 Å². The quantitative estimate of drug-likeness (QED) is 0.939. The molecule has 0 aliphatic heterocycles. The molecule has 0 amide bonds. The van der Waals surface area contributed by atoms with E-state index in [4.69, 9.17) is 5.11 Å². The molecule has 0 aliphatic carbocycles. The molecule has 2 rings (SSSR count). The Balaban J connectivity index is 2.29. The Morgan fingerprint density at radius 1 is 1.39 bits per heavy atom. The predicted octanol–water partition coefficient (Wildman–Crippen LogP) is 2.89. The number of aromatic carboxylic acids is 1. The highest BCUT2D eigenvalue weighted by molar-refractivity contribution is 7.84. The van der Waals surface area contributed by atoms with Crippen molar-refractivity contribution in [3.8, 4) is 0 Å². The summed E-state index contributed by atoms with van der Waals surface area (Å²) in [6, 6.07) is 6.94. The Labute approximate surface area is 109 Å². The van der Waals surface area contributed by atoms with Crippen molar-refractivity contribution in [3.63, 3.8) is 0 Å². The summed E-state index contributed by atoms with van der Waals surface area (Å²) in [7, 11) is -1.58. The fourth-order valence-electron chi connectivity index (χ4n) is 1.41. The molecule has 1 aromatic heterocycles. The first-order valence-corrected chi connectivity index (χ1v) is 7.21. The van der Waals surface area contributed by atoms with Gasteiger partial charge in [-0.3, -0.25) is 4.21 Å². The van der Waals surface area contributed by atoms with E-state index >= 15 is 0 Å². The van der Waals surface area contributed by atoms with Crippen molar-refractivity contribution in [2.75, 3.05) is 0 Å². The standard InChI is InChI=1S/C12H9FO3S2/c13-10-4-3-8(12(14)15)6-11(10)18(16)7-9-2-1-5-17-9/h1-6H,7H2,(H,14,15). The van der Waals surface area contributed by atoms with Crippen LogP contribution in [0.4, 0.5) is 4.39 Å². The first-order valence-electron chi connectivity index (χ1n) is 5.01. The fraction of sp³-hybridized carbons (Fsp3) is 0.0833. The molecule has 1 aromatic carbocycles. The number of carboxylic acids is 1. The molecule has 0 saturated carbocycles. The van der Waals surface area contributed by atoms with Crippen LogP contribution in [-0.2, 0) is 16.6 Å². The van der Waals surface area contributed by atoms with Crippen molar-refractivity contribution >= 4 is 28.1 Å². The third-order valence-corrected chi connectivity index (χ3v) is 4.71. The Morgan fingerprint density at radius 3 is 2.78 bits per heavy atom. The van der Waals surface area contributed by atoms with Crippen LogP contribution in [0.15, 0.2) is 40.6 Å². The largest absolute Gasteiger partial charge is 0.478 e. The zero-order chi connectivity index (χ0) is 13.1. The van der Waals surface area contributed by atoms with Gasteiger partial charge in [0.25, 0.3) is 0 Å². The smallest absolute Gasteiger partial charge is 0.335 e. The van der Waals surface area contributed by atoms with Gasteiger partial charge in [0.15, 0.2) is 0 Å². The van der Waals surface area contributed by atoms with Gasteiger partial charge in [-0.2, -0.15) is 0 Å². The Hall–Kier alpha value is -1.53. The number of hydrogen-bond acceptors (Lipinski definition) is 3. The highest BCUT2D eigenvalue weighted by Gasteiger charge is 2.14. The van der Waals surface area contributed by atoms with Crippen LogP contribution >= 0.6 is 11.3 Å². The molecule has 0 aliphatic rings. The minimum Gasteiger partial charge on any atom is -0.478 e. The first kappa shape index (κ1) is 12.9. The first-order chi connectivity index (χ1) is 8.58. The molecule has 6 heteroatoms. The number of carboxylic acid groups (broad SMARTS) is 1. The minimum atomic E-state index is -1.58. The Kier molecular flexibility index (Phi) is 3.88. The van der Waals surface area contributed by atoms with Gasteiger partial charge in [0.1, 0.15) is 5.82 Å². The van der Waals surface area contributed by atoms with E-state index in [1.807, 2.05) is 17.5 Å². The molecular weight excluding hydrogens is 275 g/mol. The monoisotopic (exact) mass is 284 g/mol. The number of halogens is 1. The van der Waals surface area contributed by atoms with Gasteiger partial charge in [0.05, 0.1) is 27.0 Å². The van der Waals surface area contributed by atoms with Gasteiger partial charge >= 0.3 is 5.97 Å². The predicted molar refractivity (Wildman–Crippen MR) is 67.8 cm³/mol. The Morgan fingerprint density at radius 2 is 2.17 bits per heavy atom. The SMILES string of the molecule is O=C(O)c1ccc(F)c(S(=O)Cc2cccs2)c1. The molecule has 94 valence electrons. The number of rotatable bonds is 4. The van der Waals surface area contributed by atoms with Crippen LogP contribution in [0.3, 0.4) is 0 Å². The average Bonchev–Trinajstić information content (AvgIpc) is 2.81. The lowest BCUT2D eigenvalue weighted by Crippen LogP contribution is -2.03. The molecular formula is C12H9FO3S2. The van der Waals surface area contributed by atoms with Gasteiger partial charge < -0.3 is 5.11 Å². The van der Waals surface area contributed by atoms with Crippen LogP contribution in [0.25, 0.3) is 0 Å². The topological polar surface area (TPSA) is 54.4 Å². The molecule has 0 radical (unpaired) electrons. The van der Waals surface area contributed by atoms with Gasteiger partial charge in [-0.1, -0.05) is 6.07 Å². The van der Waals surface area contributed by atoms with Gasteiger partial charge in [-0.05, 0) is 29.6 Å². The summed E-state index contributed by atoms with van der Waals surface area (Å²) in [4.78, 5) is 11.6. The molecule has 1 unspecified atom stereocenters. The second-order valence-corrected chi connectivity index (χ2v) is 5.97. The molecule has 1 heterocycles. The van der Waals surface area contributed by atoms with Crippen molar-refractivity contribution in [1.29, 1.82) is 0 Å². The number of carbonyl (C=O) groups is 1. The molecule has 0 fully saturated rings. The minimum absolute atomic E-state index is 0.0640. The summed E-state index contributed by atoms with van der Waals surface area (Å²) in [6.45, 7) is 0. The van der Waals surface area contributed by atoms with Crippen molar-refractivity contribution in [1.82, 2.24) is 0 Å². The van der Waals surface area contributed by atoms with Crippen LogP contribution in [-0.4, -0.2) is 15.3 Å². The van der Waals surface area contributed by atoms with E-state index in [2.05, 4.69) is 0 Å². The van der Waals surface area contributed by atoms with Crippen LogP contribution in [0, 0.1) is 5.82 Å². The normalized spacial score (nSPS) is 12.3. The third kappa shape index (κ3) is 2.83. The van der Waals surface area contributed by atoms with Crippen molar-refractivity contribution in [2.45, 2.75) is 10.6 Å². The summed E-state index contributed by atoms with van der Waals surface area (Å²) in [5.74, 6) is -1.61. The molecule has 1 atom stereocenters. The summed E-state index contributed by atoms with van der Waals surface area (Å²) >= 11 is 1.43. The molecule has 0 bridgehead atoms. The van der Waals surface area contributed by atoms with Gasteiger partial charge in [0.2, 0.25) is 0 Å². The summed E-state index contributed by atoms with van der Waals surface area (Å²) in [5.41, 5.74) is -0.0640. The fourth-order valence-corrected chi connectivity index (χ4v) is 3.55. The molecule has 1 N–H and O–H groups in total. The Bertz CT molecular complexity index is 593. The molecule has 3 nitrogen and oxygen atoms in total. The van der Waals surface area contributed by atoms with Crippen molar-refractivity contribution in [3.05, 3.63) is 52.0 Å². The van der Waals surface area contributed by atoms with E-state index in [-0.39, 0.29) is 16.2 Å². The van der Waals surface area contributed by atoms with E-state index in [0.29, 0.717) is 0 Å². The molecule has 18 heavy (non-hydrogen) atoms. The average molecular weight is 284 g/mol. The van der Waals surface area contributed by atoms with Gasteiger partial charge in [-0.15, -0.1) is 11.3 Å². The maximum absolute atomic E-state index is 13.5.